The van der Waals surface area contributed by atoms with Gasteiger partial charge in [0.2, 0.25) is 5.91 Å². The molecule has 5 nitrogen and oxygen atoms in total. The number of benzene rings is 2. The van der Waals surface area contributed by atoms with E-state index in [4.69, 9.17) is 0 Å². The van der Waals surface area contributed by atoms with E-state index in [1.165, 1.54) is 19.3 Å². The van der Waals surface area contributed by atoms with Crippen molar-refractivity contribution in [3.63, 3.8) is 0 Å². The van der Waals surface area contributed by atoms with Crippen LogP contribution < -0.4 is 0 Å². The van der Waals surface area contributed by atoms with Gasteiger partial charge >= 0.3 is 5.97 Å². The van der Waals surface area contributed by atoms with Crippen molar-refractivity contribution in [1.29, 1.82) is 0 Å². The van der Waals surface area contributed by atoms with Gasteiger partial charge in [0.1, 0.15) is 6.04 Å². The Morgan fingerprint density at radius 1 is 1.03 bits per heavy atom. The summed E-state index contributed by atoms with van der Waals surface area (Å²) >= 11 is 0. The van der Waals surface area contributed by atoms with Crippen LogP contribution in [-0.4, -0.2) is 52.5 Å². The molecule has 4 rings (SSSR count). The van der Waals surface area contributed by atoms with Gasteiger partial charge < -0.3 is 14.9 Å². The van der Waals surface area contributed by atoms with Crippen LogP contribution in [0.25, 0.3) is 0 Å². The zero-order chi connectivity index (χ0) is 24.3. The summed E-state index contributed by atoms with van der Waals surface area (Å²) in [5.41, 5.74) is 1.67. The molecule has 1 aliphatic heterocycles. The zero-order valence-corrected chi connectivity index (χ0v) is 20.3. The number of hydrogen-bond acceptors (Lipinski definition) is 3. The number of carboxylic acid groups (broad SMARTS) is 1. The van der Waals surface area contributed by atoms with Gasteiger partial charge in [0.25, 0.3) is 0 Å². The Morgan fingerprint density at radius 2 is 1.59 bits per heavy atom. The molecule has 1 saturated heterocycles. The van der Waals surface area contributed by atoms with E-state index in [1.54, 1.807) is 4.90 Å². The monoisotopic (exact) mass is 458 g/mol. The van der Waals surface area contributed by atoms with Crippen molar-refractivity contribution < 1.29 is 14.7 Å². The van der Waals surface area contributed by atoms with Crippen molar-refractivity contribution >= 4 is 11.9 Å². The van der Waals surface area contributed by atoms with Crippen LogP contribution in [0, 0.1) is 23.3 Å². The second kappa shape index (κ2) is 9.93. The standard InChI is InChI=1S/C29H34N2O3/c1-29(2,23-15-10-16-23)17-18-30(3)24-19-25(28(33)34)31(20-24)27(32)26(21-11-6-4-7-12-21)22-13-8-5-9-14-22/h4-9,11-14,23-26H,10,15-16,19-20H2,1-3H3,(H,33,34)/t24-,25-/m0/s1. The van der Waals surface area contributed by atoms with Gasteiger partial charge in [0, 0.05) is 31.5 Å². The Labute approximate surface area is 202 Å². The Bertz CT molecular complexity index is 1030. The number of hydrogen-bond donors (Lipinski definition) is 1. The highest BCUT2D eigenvalue weighted by Gasteiger charge is 2.43. The third-order valence-electron chi connectivity index (χ3n) is 7.59. The minimum atomic E-state index is -0.966. The highest BCUT2D eigenvalue weighted by Crippen LogP contribution is 2.41. The largest absolute Gasteiger partial charge is 0.480 e. The number of likely N-dealkylation sites (N-methyl/N-ethyl adjacent to an activating group) is 1. The van der Waals surface area contributed by atoms with E-state index in [1.807, 2.05) is 72.6 Å². The molecular formula is C29H34N2O3. The Hall–Kier alpha value is -3.26. The summed E-state index contributed by atoms with van der Waals surface area (Å²) in [6.45, 7) is 4.72. The number of rotatable bonds is 6. The van der Waals surface area contributed by atoms with Gasteiger partial charge in [-0.15, -0.1) is 0 Å². The number of aliphatic carboxylic acids is 1. The lowest BCUT2D eigenvalue weighted by Gasteiger charge is -2.36. The summed E-state index contributed by atoms with van der Waals surface area (Å²) in [5, 5.41) is 9.98. The first-order valence-electron chi connectivity index (χ1n) is 12.2. The van der Waals surface area contributed by atoms with Gasteiger partial charge in [-0.05, 0) is 43.7 Å². The minimum Gasteiger partial charge on any atom is -0.480 e. The SMILES string of the molecule is CN(C#CC(C)(C)C1CCC1)[C@H]1C[C@@H](C(=O)O)N(C(=O)C(c2ccccc2)c2ccccc2)C1. The fraction of sp³-hybridized carbons (Fsp3) is 0.448. The summed E-state index contributed by atoms with van der Waals surface area (Å²) in [6.07, 6.45) is 4.08. The summed E-state index contributed by atoms with van der Waals surface area (Å²) < 4.78 is 0. The molecule has 0 bridgehead atoms. The molecule has 2 aromatic rings. The van der Waals surface area contributed by atoms with E-state index in [0.717, 1.165) is 11.1 Å². The molecule has 1 saturated carbocycles. The lowest BCUT2D eigenvalue weighted by atomic mass is 9.68. The zero-order valence-electron chi connectivity index (χ0n) is 20.3. The second-order valence-electron chi connectivity index (χ2n) is 10.2. The van der Waals surface area contributed by atoms with Crippen LogP contribution in [0.4, 0.5) is 0 Å². The van der Waals surface area contributed by atoms with Crippen LogP contribution in [0.5, 0.6) is 0 Å². The molecule has 2 fully saturated rings. The van der Waals surface area contributed by atoms with Crippen LogP contribution in [0.15, 0.2) is 60.7 Å². The van der Waals surface area contributed by atoms with Gasteiger partial charge in [0.15, 0.2) is 0 Å². The van der Waals surface area contributed by atoms with Gasteiger partial charge in [-0.2, -0.15) is 0 Å². The summed E-state index contributed by atoms with van der Waals surface area (Å²) in [6, 6.07) is 21.5. The van der Waals surface area contributed by atoms with Crippen LogP contribution >= 0.6 is 0 Å². The van der Waals surface area contributed by atoms with Crippen molar-refractivity contribution in [2.75, 3.05) is 13.6 Å². The highest BCUT2D eigenvalue weighted by molar-refractivity contribution is 5.91. The van der Waals surface area contributed by atoms with Gasteiger partial charge in [-0.1, -0.05) is 73.0 Å². The molecule has 5 heteroatoms. The van der Waals surface area contributed by atoms with Crippen molar-refractivity contribution in [2.24, 2.45) is 11.3 Å². The average Bonchev–Trinajstić information content (AvgIpc) is 3.24. The molecule has 2 atom stereocenters. The molecular weight excluding hydrogens is 424 g/mol. The first-order valence-corrected chi connectivity index (χ1v) is 12.2. The topological polar surface area (TPSA) is 60.9 Å². The van der Waals surface area contributed by atoms with Crippen molar-refractivity contribution in [1.82, 2.24) is 9.80 Å². The molecule has 1 heterocycles. The molecule has 0 aromatic heterocycles. The highest BCUT2D eigenvalue weighted by atomic mass is 16.4. The Kier molecular flexibility index (Phi) is 6.97. The molecule has 34 heavy (non-hydrogen) atoms. The fourth-order valence-corrected chi connectivity index (χ4v) is 5.06. The molecule has 2 aromatic carbocycles. The van der Waals surface area contributed by atoms with Crippen LogP contribution in [0.1, 0.15) is 56.6 Å². The third kappa shape index (κ3) is 4.97. The summed E-state index contributed by atoms with van der Waals surface area (Å²) in [7, 11) is 1.91. The van der Waals surface area contributed by atoms with Crippen LogP contribution in [-0.2, 0) is 9.59 Å². The van der Waals surface area contributed by atoms with Gasteiger partial charge in [0.05, 0.1) is 12.0 Å². The third-order valence-corrected chi connectivity index (χ3v) is 7.59. The van der Waals surface area contributed by atoms with Crippen LogP contribution in [0.3, 0.4) is 0 Å². The van der Waals surface area contributed by atoms with Crippen molar-refractivity contribution in [3.05, 3.63) is 71.8 Å². The van der Waals surface area contributed by atoms with E-state index in [2.05, 4.69) is 25.8 Å². The summed E-state index contributed by atoms with van der Waals surface area (Å²) in [4.78, 5) is 29.5. The molecule has 0 spiro atoms. The predicted octanol–water partition coefficient (Wildman–Crippen LogP) is 4.59. The first kappa shape index (κ1) is 23.9. The number of carbonyl (C=O) groups excluding carboxylic acids is 1. The van der Waals surface area contributed by atoms with Gasteiger partial charge in [-0.25, -0.2) is 4.79 Å². The maximum Gasteiger partial charge on any atom is 0.326 e. The number of amides is 1. The molecule has 2 aliphatic rings. The number of nitrogens with zero attached hydrogens (tertiary/aromatic N) is 2. The van der Waals surface area contributed by atoms with E-state index in [-0.39, 0.29) is 17.4 Å². The minimum absolute atomic E-state index is 0.0570. The number of carboxylic acids is 1. The lowest BCUT2D eigenvalue weighted by Crippen LogP contribution is -2.43. The number of carbonyl (C=O) groups is 2. The quantitative estimate of drug-likeness (QED) is 0.508. The lowest BCUT2D eigenvalue weighted by molar-refractivity contribution is -0.148. The van der Waals surface area contributed by atoms with E-state index in [0.29, 0.717) is 18.9 Å². The van der Waals surface area contributed by atoms with E-state index in [9.17, 15) is 14.7 Å². The maximum atomic E-state index is 13.9. The smallest absolute Gasteiger partial charge is 0.326 e. The van der Waals surface area contributed by atoms with Crippen molar-refractivity contribution in [2.45, 2.75) is 57.5 Å². The Balaban J connectivity index is 1.58. The van der Waals surface area contributed by atoms with Crippen LogP contribution in [0.2, 0.25) is 0 Å². The van der Waals surface area contributed by atoms with Crippen molar-refractivity contribution in [3.8, 4) is 12.0 Å². The fourth-order valence-electron chi connectivity index (χ4n) is 5.06. The van der Waals surface area contributed by atoms with E-state index >= 15 is 0 Å². The molecule has 1 aliphatic carbocycles. The summed E-state index contributed by atoms with van der Waals surface area (Å²) in [5.74, 6) is 2.36. The van der Waals surface area contributed by atoms with Gasteiger partial charge in [-0.3, -0.25) is 4.79 Å². The predicted molar refractivity (Wildman–Crippen MR) is 133 cm³/mol. The molecule has 0 unspecified atom stereocenters. The first-order chi connectivity index (χ1) is 16.3. The number of likely N-dealkylation sites (tertiary alicyclic amines) is 1. The molecule has 178 valence electrons. The maximum absolute atomic E-state index is 13.9. The molecule has 1 amide bonds. The normalized spacial score (nSPS) is 20.4. The molecule has 0 radical (unpaired) electrons. The van der Waals surface area contributed by atoms with E-state index < -0.39 is 17.9 Å². The second-order valence-corrected chi connectivity index (χ2v) is 10.2. The Morgan fingerprint density at radius 3 is 2.06 bits per heavy atom. The average molecular weight is 459 g/mol. The molecule has 1 N–H and O–H groups in total.